The number of nitrogens with zero attached hydrogens (tertiary/aromatic N) is 2. The van der Waals surface area contributed by atoms with E-state index in [1.165, 1.54) is 0 Å². The number of hydrogen-bond acceptors (Lipinski definition) is 4. The Hall–Kier alpha value is -2.88. The maximum absolute atomic E-state index is 10.7. The van der Waals surface area contributed by atoms with Crippen molar-refractivity contribution in [2.24, 2.45) is 5.10 Å². The molecule has 0 spiro atoms. The van der Waals surface area contributed by atoms with Gasteiger partial charge in [-0.25, -0.2) is 0 Å². The summed E-state index contributed by atoms with van der Waals surface area (Å²) in [7, 11) is 0. The van der Waals surface area contributed by atoms with Gasteiger partial charge in [0, 0.05) is 17.1 Å². The molecular weight excluding hydrogens is 346 g/mol. The lowest BCUT2D eigenvalue weighted by molar-refractivity contribution is 0.464. The van der Waals surface area contributed by atoms with E-state index in [0.29, 0.717) is 0 Å². The topological polar surface area (TPSA) is 57.5 Å². The molecule has 3 aromatic rings. The van der Waals surface area contributed by atoms with E-state index in [9.17, 15) is 5.11 Å². The lowest BCUT2D eigenvalue weighted by Gasteiger charge is -2.27. The zero-order valence-electron chi connectivity index (χ0n) is 17.5. The molecule has 0 bridgehead atoms. The maximum Gasteiger partial charge on any atom is 0.125 e. The number of hydrazone groups is 1. The Balaban J connectivity index is 1.99. The molecule has 2 aromatic carbocycles. The highest BCUT2D eigenvalue weighted by Gasteiger charge is 2.24. The average molecular weight is 376 g/mol. The second-order valence-corrected chi connectivity index (χ2v) is 9.21. The largest absolute Gasteiger partial charge is 0.507 e. The van der Waals surface area contributed by atoms with Crippen LogP contribution in [0.5, 0.6) is 5.75 Å². The van der Waals surface area contributed by atoms with Gasteiger partial charge in [-0.15, -0.1) is 0 Å². The molecule has 0 aliphatic carbocycles. The van der Waals surface area contributed by atoms with Gasteiger partial charge in [0.05, 0.1) is 17.4 Å². The van der Waals surface area contributed by atoms with Crippen LogP contribution in [0, 0.1) is 0 Å². The van der Waals surface area contributed by atoms with Crippen molar-refractivity contribution in [2.45, 2.75) is 52.4 Å². The number of para-hydroxylation sites is 1. The first-order valence-electron chi connectivity index (χ1n) is 9.58. The van der Waals surface area contributed by atoms with Crippen LogP contribution < -0.4 is 5.43 Å². The Morgan fingerprint density at radius 1 is 0.964 bits per heavy atom. The lowest BCUT2D eigenvalue weighted by Crippen LogP contribution is -2.18. The van der Waals surface area contributed by atoms with Crippen molar-refractivity contribution < 1.29 is 5.11 Å². The minimum Gasteiger partial charge on any atom is -0.507 e. The van der Waals surface area contributed by atoms with Gasteiger partial charge in [-0.3, -0.25) is 10.4 Å². The predicted octanol–water partition coefficient (Wildman–Crippen LogP) is 5.98. The lowest BCUT2D eigenvalue weighted by atomic mass is 9.78. The van der Waals surface area contributed by atoms with Crippen LogP contribution in [-0.4, -0.2) is 16.3 Å². The molecule has 0 saturated carbocycles. The normalized spacial score (nSPS) is 12.6. The Labute approximate surface area is 167 Å². The quantitative estimate of drug-likeness (QED) is 0.437. The van der Waals surface area contributed by atoms with E-state index in [0.717, 1.165) is 33.3 Å². The van der Waals surface area contributed by atoms with E-state index in [2.05, 4.69) is 63.1 Å². The second-order valence-electron chi connectivity index (χ2n) is 9.21. The number of aromatic hydroxyl groups is 1. The summed E-state index contributed by atoms with van der Waals surface area (Å²) in [5.74, 6) is 0.249. The third-order valence-electron chi connectivity index (χ3n) is 4.84. The molecule has 0 radical (unpaired) electrons. The summed E-state index contributed by atoms with van der Waals surface area (Å²) in [5.41, 5.74) is 7.53. The molecule has 0 fully saturated rings. The standard InChI is InChI=1S/C24H29N3O/c1-23(2,3)17-13-19(24(4,5)6)18(21(28)14-17)15-26-27-20-11-7-9-16-10-8-12-25-22(16)20/h7-15,27-28H,1-6H3. The molecule has 0 amide bonds. The number of phenolic OH excluding ortho intramolecular Hbond substituents is 1. The number of aromatic nitrogens is 1. The van der Waals surface area contributed by atoms with Crippen molar-refractivity contribution >= 4 is 22.8 Å². The fourth-order valence-electron chi connectivity index (χ4n) is 3.19. The van der Waals surface area contributed by atoms with Crippen LogP contribution >= 0.6 is 0 Å². The molecule has 0 saturated heterocycles. The molecule has 0 aliphatic rings. The zero-order chi connectivity index (χ0) is 20.5. The van der Waals surface area contributed by atoms with Gasteiger partial charge in [-0.2, -0.15) is 5.10 Å². The van der Waals surface area contributed by atoms with E-state index < -0.39 is 0 Å². The maximum atomic E-state index is 10.7. The van der Waals surface area contributed by atoms with Crippen LogP contribution in [0.25, 0.3) is 10.9 Å². The molecule has 0 unspecified atom stereocenters. The molecule has 0 atom stereocenters. The molecule has 4 nitrogen and oxygen atoms in total. The van der Waals surface area contributed by atoms with E-state index in [1.807, 2.05) is 36.4 Å². The first-order chi connectivity index (χ1) is 13.1. The summed E-state index contributed by atoms with van der Waals surface area (Å²) in [6, 6.07) is 13.9. The van der Waals surface area contributed by atoms with E-state index in [1.54, 1.807) is 12.4 Å². The number of anilines is 1. The average Bonchev–Trinajstić information content (AvgIpc) is 2.61. The second kappa shape index (κ2) is 7.27. The van der Waals surface area contributed by atoms with Crippen molar-refractivity contribution in [3.63, 3.8) is 0 Å². The monoisotopic (exact) mass is 375 g/mol. The fraction of sp³-hybridized carbons (Fsp3) is 0.333. The Morgan fingerprint density at radius 2 is 1.68 bits per heavy atom. The van der Waals surface area contributed by atoms with E-state index in [4.69, 9.17) is 0 Å². The summed E-state index contributed by atoms with van der Waals surface area (Å²) in [6.07, 6.45) is 3.47. The molecule has 0 aliphatic heterocycles. The number of phenols is 1. The summed E-state index contributed by atoms with van der Waals surface area (Å²) in [4.78, 5) is 4.43. The van der Waals surface area contributed by atoms with Crippen molar-refractivity contribution in [1.82, 2.24) is 4.98 Å². The van der Waals surface area contributed by atoms with E-state index >= 15 is 0 Å². The molecular formula is C24H29N3O. The molecule has 146 valence electrons. The van der Waals surface area contributed by atoms with Crippen molar-refractivity contribution in [3.05, 3.63) is 65.4 Å². The van der Waals surface area contributed by atoms with Gasteiger partial charge in [-0.1, -0.05) is 65.8 Å². The van der Waals surface area contributed by atoms with Crippen molar-refractivity contribution in [3.8, 4) is 5.75 Å². The Kier molecular flexibility index (Phi) is 5.16. The summed E-state index contributed by atoms with van der Waals surface area (Å²) >= 11 is 0. The Bertz CT molecular complexity index is 1020. The van der Waals surface area contributed by atoms with Crippen LogP contribution in [-0.2, 0) is 10.8 Å². The van der Waals surface area contributed by atoms with Gasteiger partial charge >= 0.3 is 0 Å². The highest BCUT2D eigenvalue weighted by Crippen LogP contribution is 2.35. The molecule has 1 aromatic heterocycles. The summed E-state index contributed by atoms with van der Waals surface area (Å²) < 4.78 is 0. The molecule has 3 rings (SSSR count). The van der Waals surface area contributed by atoms with Crippen LogP contribution in [0.3, 0.4) is 0 Å². The van der Waals surface area contributed by atoms with Gasteiger partial charge < -0.3 is 5.11 Å². The Morgan fingerprint density at radius 3 is 2.36 bits per heavy atom. The minimum absolute atomic E-state index is 0.0416. The van der Waals surface area contributed by atoms with Gasteiger partial charge in [0.15, 0.2) is 0 Å². The first kappa shape index (κ1) is 19.9. The van der Waals surface area contributed by atoms with Gasteiger partial charge in [0.1, 0.15) is 5.75 Å². The third-order valence-corrected chi connectivity index (χ3v) is 4.84. The number of benzene rings is 2. The van der Waals surface area contributed by atoms with Crippen LogP contribution in [0.4, 0.5) is 5.69 Å². The van der Waals surface area contributed by atoms with Gasteiger partial charge in [-0.05, 0) is 40.2 Å². The molecule has 1 heterocycles. The fourth-order valence-corrected chi connectivity index (χ4v) is 3.19. The highest BCUT2D eigenvalue weighted by atomic mass is 16.3. The number of pyridine rings is 1. The number of hydrogen-bond donors (Lipinski definition) is 2. The molecule has 28 heavy (non-hydrogen) atoms. The highest BCUT2D eigenvalue weighted by molar-refractivity contribution is 5.91. The number of nitrogens with one attached hydrogen (secondary N) is 1. The van der Waals surface area contributed by atoms with Crippen LogP contribution in [0.1, 0.15) is 58.2 Å². The van der Waals surface area contributed by atoms with Crippen LogP contribution in [0.15, 0.2) is 53.8 Å². The van der Waals surface area contributed by atoms with Gasteiger partial charge in [0.25, 0.3) is 0 Å². The molecule has 2 N–H and O–H groups in total. The number of fused-ring (bicyclic) bond motifs is 1. The summed E-state index contributed by atoms with van der Waals surface area (Å²) in [5, 5.41) is 16.2. The van der Waals surface area contributed by atoms with E-state index in [-0.39, 0.29) is 16.6 Å². The van der Waals surface area contributed by atoms with Crippen LogP contribution in [0.2, 0.25) is 0 Å². The number of rotatable bonds is 3. The third kappa shape index (κ3) is 4.16. The van der Waals surface area contributed by atoms with Crippen molar-refractivity contribution in [1.29, 1.82) is 0 Å². The smallest absolute Gasteiger partial charge is 0.125 e. The molecule has 4 heteroatoms. The van der Waals surface area contributed by atoms with Crippen molar-refractivity contribution in [2.75, 3.05) is 5.43 Å². The first-order valence-corrected chi connectivity index (χ1v) is 9.58. The summed E-state index contributed by atoms with van der Waals surface area (Å²) in [6.45, 7) is 12.9. The van der Waals surface area contributed by atoms with Gasteiger partial charge in [0.2, 0.25) is 0 Å². The SMILES string of the molecule is CC(C)(C)c1cc(O)c(C=NNc2cccc3cccnc23)c(C(C)(C)C)c1. The zero-order valence-corrected chi connectivity index (χ0v) is 17.5. The predicted molar refractivity (Wildman–Crippen MR) is 118 cm³/mol. The minimum atomic E-state index is -0.124.